The van der Waals surface area contributed by atoms with Crippen molar-refractivity contribution < 1.29 is 17.7 Å². The molecule has 0 saturated heterocycles. The number of nitrogens with one attached hydrogen (secondary N) is 1. The zero-order valence-electron chi connectivity index (χ0n) is 13.3. The molecule has 26 heavy (non-hydrogen) atoms. The number of alkyl halides is 3. The first-order valence-electron chi connectivity index (χ1n) is 7.75. The van der Waals surface area contributed by atoms with Crippen LogP contribution in [-0.2, 0) is 6.18 Å². The fourth-order valence-electron chi connectivity index (χ4n) is 2.63. The molecule has 0 bridgehead atoms. The monoisotopic (exact) mass is 355 g/mol. The van der Waals surface area contributed by atoms with E-state index in [1.807, 2.05) is 30.3 Å². The van der Waals surface area contributed by atoms with Crippen molar-refractivity contribution in [1.82, 2.24) is 10.1 Å². The molecule has 0 aliphatic carbocycles. The van der Waals surface area contributed by atoms with Crippen molar-refractivity contribution in [1.29, 1.82) is 0 Å². The van der Waals surface area contributed by atoms with Gasteiger partial charge in [-0.15, -0.1) is 0 Å². The summed E-state index contributed by atoms with van der Waals surface area (Å²) >= 11 is 0. The maximum Gasteiger partial charge on any atom is 0.416 e. The van der Waals surface area contributed by atoms with Crippen molar-refractivity contribution in [2.75, 3.05) is 5.32 Å². The standard InChI is InChI=1S/C19H12F3N3O/c20-19(21,22)14-2-4-15(5-3-14)24-18-16-6-1-13(11-17(16)26-25-18)12-7-9-23-10-8-12/h1-11H,(H,24,25). The molecule has 0 radical (unpaired) electrons. The van der Waals surface area contributed by atoms with E-state index in [0.29, 0.717) is 17.1 Å². The van der Waals surface area contributed by atoms with Crippen LogP contribution < -0.4 is 5.32 Å². The summed E-state index contributed by atoms with van der Waals surface area (Å²) in [5.41, 5.74) is 2.32. The van der Waals surface area contributed by atoms with E-state index in [2.05, 4.69) is 15.5 Å². The predicted octanol–water partition coefficient (Wildman–Crippen LogP) is 5.65. The Hall–Kier alpha value is -3.35. The Labute approximate surface area is 146 Å². The Morgan fingerprint density at radius 3 is 2.27 bits per heavy atom. The van der Waals surface area contributed by atoms with Gasteiger partial charge in [-0.3, -0.25) is 4.98 Å². The Balaban J connectivity index is 1.62. The van der Waals surface area contributed by atoms with Gasteiger partial charge >= 0.3 is 6.18 Å². The Morgan fingerprint density at radius 2 is 1.58 bits per heavy atom. The number of hydrogen-bond acceptors (Lipinski definition) is 4. The topological polar surface area (TPSA) is 51.0 Å². The van der Waals surface area contributed by atoms with E-state index in [1.54, 1.807) is 12.4 Å². The molecule has 0 atom stereocenters. The summed E-state index contributed by atoms with van der Waals surface area (Å²) in [5.74, 6) is 0.445. The minimum absolute atomic E-state index is 0.445. The molecule has 130 valence electrons. The molecule has 4 nitrogen and oxygen atoms in total. The molecule has 0 fully saturated rings. The molecule has 0 aliphatic heterocycles. The SMILES string of the molecule is FC(F)(F)c1ccc(Nc2noc3cc(-c4ccncc4)ccc23)cc1. The van der Waals surface area contributed by atoms with Crippen molar-refractivity contribution in [3.05, 3.63) is 72.6 Å². The van der Waals surface area contributed by atoms with Crippen LogP contribution in [0.2, 0.25) is 0 Å². The second-order valence-corrected chi connectivity index (χ2v) is 5.68. The van der Waals surface area contributed by atoms with Crippen LogP contribution in [0.4, 0.5) is 24.7 Å². The lowest BCUT2D eigenvalue weighted by Crippen LogP contribution is -2.04. The third kappa shape index (κ3) is 3.11. The lowest BCUT2D eigenvalue weighted by atomic mass is 10.1. The summed E-state index contributed by atoms with van der Waals surface area (Å²) in [5, 5.41) is 7.70. The molecule has 0 spiro atoms. The molecule has 0 saturated carbocycles. The third-order valence-electron chi connectivity index (χ3n) is 3.96. The predicted molar refractivity (Wildman–Crippen MR) is 92.0 cm³/mol. The van der Waals surface area contributed by atoms with Gasteiger partial charge in [0.05, 0.1) is 10.9 Å². The number of pyridine rings is 1. The number of fused-ring (bicyclic) bond motifs is 1. The first-order chi connectivity index (χ1) is 12.5. The number of anilines is 2. The van der Waals surface area contributed by atoms with Crippen LogP contribution in [0.3, 0.4) is 0 Å². The number of aromatic nitrogens is 2. The van der Waals surface area contributed by atoms with E-state index < -0.39 is 11.7 Å². The molecule has 2 aromatic heterocycles. The Bertz CT molecular complexity index is 1040. The second-order valence-electron chi connectivity index (χ2n) is 5.68. The van der Waals surface area contributed by atoms with Gasteiger partial charge in [-0.25, -0.2) is 0 Å². The molecule has 0 unspecified atom stereocenters. The normalized spacial score (nSPS) is 11.7. The van der Waals surface area contributed by atoms with E-state index in [0.717, 1.165) is 28.6 Å². The van der Waals surface area contributed by atoms with Gasteiger partial charge in [0.25, 0.3) is 0 Å². The van der Waals surface area contributed by atoms with Crippen LogP contribution in [0.25, 0.3) is 22.1 Å². The number of rotatable bonds is 3. The first-order valence-corrected chi connectivity index (χ1v) is 7.75. The van der Waals surface area contributed by atoms with E-state index >= 15 is 0 Å². The fraction of sp³-hybridized carbons (Fsp3) is 0.0526. The molecule has 2 aromatic carbocycles. The number of halogens is 3. The fourth-order valence-corrected chi connectivity index (χ4v) is 2.63. The minimum atomic E-state index is -4.36. The molecule has 0 aliphatic rings. The highest BCUT2D eigenvalue weighted by Crippen LogP contribution is 2.32. The van der Waals surface area contributed by atoms with E-state index in [1.165, 1.54) is 12.1 Å². The van der Waals surface area contributed by atoms with Gasteiger partial charge in [-0.2, -0.15) is 13.2 Å². The molecule has 1 N–H and O–H groups in total. The smallest absolute Gasteiger partial charge is 0.354 e. The van der Waals surface area contributed by atoms with Crippen LogP contribution in [-0.4, -0.2) is 10.1 Å². The molecule has 0 amide bonds. The number of benzene rings is 2. The highest BCUT2D eigenvalue weighted by molar-refractivity contribution is 5.92. The van der Waals surface area contributed by atoms with Crippen LogP contribution in [0.5, 0.6) is 0 Å². The van der Waals surface area contributed by atoms with Crippen molar-refractivity contribution in [2.45, 2.75) is 6.18 Å². The van der Waals surface area contributed by atoms with Crippen LogP contribution >= 0.6 is 0 Å². The van der Waals surface area contributed by atoms with Crippen LogP contribution in [0.15, 0.2) is 71.5 Å². The largest absolute Gasteiger partial charge is 0.416 e. The summed E-state index contributed by atoms with van der Waals surface area (Å²) in [6.45, 7) is 0. The molecular weight excluding hydrogens is 343 g/mol. The quantitative estimate of drug-likeness (QED) is 0.516. The van der Waals surface area contributed by atoms with E-state index in [9.17, 15) is 13.2 Å². The van der Waals surface area contributed by atoms with E-state index in [-0.39, 0.29) is 0 Å². The zero-order valence-corrected chi connectivity index (χ0v) is 13.3. The molecule has 4 rings (SSSR count). The molecular formula is C19H12F3N3O. The maximum atomic E-state index is 12.6. The highest BCUT2D eigenvalue weighted by atomic mass is 19.4. The molecule has 4 aromatic rings. The average Bonchev–Trinajstić information content (AvgIpc) is 3.04. The van der Waals surface area contributed by atoms with Gasteiger partial charge in [0.2, 0.25) is 0 Å². The van der Waals surface area contributed by atoms with Gasteiger partial charge in [-0.05, 0) is 59.7 Å². The number of nitrogens with zero attached hydrogens (tertiary/aromatic N) is 2. The minimum Gasteiger partial charge on any atom is -0.354 e. The van der Waals surface area contributed by atoms with Crippen molar-refractivity contribution in [3.8, 4) is 11.1 Å². The molecule has 2 heterocycles. The van der Waals surface area contributed by atoms with Gasteiger partial charge in [-0.1, -0.05) is 11.2 Å². The summed E-state index contributed by atoms with van der Waals surface area (Å²) < 4.78 is 43.2. The summed E-state index contributed by atoms with van der Waals surface area (Å²) in [6.07, 6.45) is -0.947. The Kier molecular flexibility index (Phi) is 3.84. The maximum absolute atomic E-state index is 12.6. The van der Waals surface area contributed by atoms with Gasteiger partial charge in [0.1, 0.15) is 0 Å². The van der Waals surface area contributed by atoms with Gasteiger partial charge in [0.15, 0.2) is 11.4 Å². The zero-order chi connectivity index (χ0) is 18.1. The highest BCUT2D eigenvalue weighted by Gasteiger charge is 2.29. The van der Waals surface area contributed by atoms with Crippen molar-refractivity contribution >= 4 is 22.5 Å². The lowest BCUT2D eigenvalue weighted by Gasteiger charge is -2.08. The van der Waals surface area contributed by atoms with Gasteiger partial charge < -0.3 is 9.84 Å². The van der Waals surface area contributed by atoms with Gasteiger partial charge in [0, 0.05) is 18.1 Å². The van der Waals surface area contributed by atoms with Crippen molar-refractivity contribution in [2.24, 2.45) is 0 Å². The lowest BCUT2D eigenvalue weighted by molar-refractivity contribution is -0.137. The summed E-state index contributed by atoms with van der Waals surface area (Å²) in [4.78, 5) is 3.99. The van der Waals surface area contributed by atoms with E-state index in [4.69, 9.17) is 4.52 Å². The number of hydrogen-bond donors (Lipinski definition) is 1. The molecule has 7 heteroatoms. The average molecular weight is 355 g/mol. The van der Waals surface area contributed by atoms with Crippen LogP contribution in [0.1, 0.15) is 5.56 Å². The third-order valence-corrected chi connectivity index (χ3v) is 3.96. The van der Waals surface area contributed by atoms with Crippen molar-refractivity contribution in [3.63, 3.8) is 0 Å². The summed E-state index contributed by atoms with van der Waals surface area (Å²) in [6, 6.07) is 14.2. The van der Waals surface area contributed by atoms with Crippen LogP contribution in [0, 0.1) is 0 Å². The second kappa shape index (κ2) is 6.18. The summed E-state index contributed by atoms with van der Waals surface area (Å²) in [7, 11) is 0. The first kappa shape index (κ1) is 16.1. The Morgan fingerprint density at radius 1 is 0.846 bits per heavy atom.